The first-order chi connectivity index (χ1) is 5.44. The zero-order valence-electron chi connectivity index (χ0n) is 8.28. The van der Waals surface area contributed by atoms with Gasteiger partial charge in [0, 0.05) is 11.0 Å². The lowest BCUT2D eigenvalue weighted by Gasteiger charge is -2.37. The van der Waals surface area contributed by atoms with Gasteiger partial charge in [-0.1, -0.05) is 33.8 Å². The molecule has 0 aromatic carbocycles. The Balaban J connectivity index is 2.99. The average molecular weight is 163 g/mol. The molecule has 1 aliphatic rings. The van der Waals surface area contributed by atoms with Crippen molar-refractivity contribution in [3.05, 3.63) is 12.2 Å². The van der Waals surface area contributed by atoms with Crippen LogP contribution < -0.4 is 0 Å². The molecule has 0 heterocycles. The molecule has 0 amide bonds. The zero-order chi connectivity index (χ0) is 9.41. The predicted molar refractivity (Wildman–Crippen MR) is 50.5 cm³/mol. The Kier molecular flexibility index (Phi) is 2.04. The van der Waals surface area contributed by atoms with Gasteiger partial charge in [0.25, 0.3) is 0 Å². The Bertz CT molecular complexity index is 244. The standard InChI is InChI=1S/C11H17N/c1-9(8-12)11(4)7-5-6-10(11,2)3/h1,5-7H2,2-4H3. The lowest BCUT2D eigenvalue weighted by Crippen LogP contribution is -2.30. The minimum absolute atomic E-state index is 0.0434. The van der Waals surface area contributed by atoms with Crippen molar-refractivity contribution >= 4 is 0 Å². The summed E-state index contributed by atoms with van der Waals surface area (Å²) in [6.45, 7) is 10.5. The van der Waals surface area contributed by atoms with Gasteiger partial charge in [0.05, 0.1) is 6.07 Å². The first-order valence-corrected chi connectivity index (χ1v) is 4.53. The Morgan fingerprint density at radius 1 is 1.33 bits per heavy atom. The van der Waals surface area contributed by atoms with Gasteiger partial charge in [-0.05, 0) is 18.3 Å². The maximum Gasteiger partial charge on any atom is 0.0946 e. The van der Waals surface area contributed by atoms with E-state index in [0.29, 0.717) is 0 Å². The molecule has 0 aliphatic heterocycles. The van der Waals surface area contributed by atoms with Crippen LogP contribution >= 0.6 is 0 Å². The minimum atomic E-state index is 0.0434. The molecule has 0 saturated heterocycles. The molecule has 1 heteroatoms. The highest BCUT2D eigenvalue weighted by Crippen LogP contribution is 2.55. The first-order valence-electron chi connectivity index (χ1n) is 4.53. The fourth-order valence-electron chi connectivity index (χ4n) is 2.18. The monoisotopic (exact) mass is 163 g/mol. The van der Waals surface area contributed by atoms with Gasteiger partial charge in [0.15, 0.2) is 0 Å². The molecule has 1 rings (SSSR count). The summed E-state index contributed by atoms with van der Waals surface area (Å²) in [6.07, 6.45) is 3.56. The highest BCUT2D eigenvalue weighted by atomic mass is 14.5. The molecule has 1 aliphatic carbocycles. The van der Waals surface area contributed by atoms with Crippen molar-refractivity contribution in [3.63, 3.8) is 0 Å². The number of hydrogen-bond donors (Lipinski definition) is 0. The van der Waals surface area contributed by atoms with Gasteiger partial charge in [-0.3, -0.25) is 0 Å². The molecule has 0 aromatic heterocycles. The van der Waals surface area contributed by atoms with E-state index in [9.17, 15) is 0 Å². The molecule has 0 aromatic rings. The molecule has 0 N–H and O–H groups in total. The molecular weight excluding hydrogens is 146 g/mol. The summed E-state index contributed by atoms with van der Waals surface area (Å²) in [4.78, 5) is 0. The molecule has 1 fully saturated rings. The first kappa shape index (κ1) is 9.32. The third-order valence-corrected chi connectivity index (χ3v) is 3.77. The molecule has 1 nitrogen and oxygen atoms in total. The van der Waals surface area contributed by atoms with Gasteiger partial charge in [0.1, 0.15) is 0 Å². The third-order valence-electron chi connectivity index (χ3n) is 3.77. The van der Waals surface area contributed by atoms with Gasteiger partial charge in [-0.2, -0.15) is 5.26 Å². The Morgan fingerprint density at radius 2 is 1.92 bits per heavy atom. The van der Waals surface area contributed by atoms with Crippen LogP contribution in [0.5, 0.6) is 0 Å². The van der Waals surface area contributed by atoms with Crippen LogP contribution in [-0.4, -0.2) is 0 Å². The fraction of sp³-hybridized carbons (Fsp3) is 0.727. The van der Waals surface area contributed by atoms with Gasteiger partial charge >= 0.3 is 0 Å². The van der Waals surface area contributed by atoms with E-state index in [1.165, 1.54) is 12.8 Å². The summed E-state index contributed by atoms with van der Waals surface area (Å²) >= 11 is 0. The van der Waals surface area contributed by atoms with Crippen LogP contribution in [0.1, 0.15) is 40.0 Å². The number of hydrogen-bond acceptors (Lipinski definition) is 1. The summed E-state index contributed by atoms with van der Waals surface area (Å²) in [6, 6.07) is 2.21. The van der Waals surface area contributed by atoms with Crippen molar-refractivity contribution < 1.29 is 0 Å². The second-order valence-corrected chi connectivity index (χ2v) is 4.66. The average Bonchev–Trinajstić information content (AvgIpc) is 2.26. The summed E-state index contributed by atoms with van der Waals surface area (Å²) in [5.41, 5.74) is 1.05. The molecule has 0 spiro atoms. The number of nitriles is 1. The van der Waals surface area contributed by atoms with E-state index < -0.39 is 0 Å². The number of nitrogens with zero attached hydrogens (tertiary/aromatic N) is 1. The molecule has 0 bridgehead atoms. The molecule has 66 valence electrons. The topological polar surface area (TPSA) is 23.8 Å². The third kappa shape index (κ3) is 1.06. The van der Waals surface area contributed by atoms with Gasteiger partial charge < -0.3 is 0 Å². The zero-order valence-corrected chi connectivity index (χ0v) is 8.28. The lowest BCUT2D eigenvalue weighted by atomic mass is 9.66. The minimum Gasteiger partial charge on any atom is -0.193 e. The Morgan fingerprint density at radius 3 is 2.25 bits per heavy atom. The summed E-state index contributed by atoms with van der Waals surface area (Å²) in [5, 5.41) is 8.84. The maximum atomic E-state index is 8.84. The SMILES string of the molecule is C=C(C#N)C1(C)CCCC1(C)C. The van der Waals surface area contributed by atoms with Crippen molar-refractivity contribution in [2.75, 3.05) is 0 Å². The van der Waals surface area contributed by atoms with E-state index in [4.69, 9.17) is 5.26 Å². The van der Waals surface area contributed by atoms with Crippen LogP contribution in [0.2, 0.25) is 0 Å². The molecule has 12 heavy (non-hydrogen) atoms. The molecule has 1 atom stereocenters. The lowest BCUT2D eigenvalue weighted by molar-refractivity contribution is 0.183. The van der Waals surface area contributed by atoms with Crippen LogP contribution in [0.3, 0.4) is 0 Å². The molecule has 1 saturated carbocycles. The van der Waals surface area contributed by atoms with E-state index in [-0.39, 0.29) is 10.8 Å². The van der Waals surface area contributed by atoms with Gasteiger partial charge in [-0.15, -0.1) is 0 Å². The van der Waals surface area contributed by atoms with Gasteiger partial charge in [-0.25, -0.2) is 0 Å². The number of rotatable bonds is 1. The highest BCUT2D eigenvalue weighted by molar-refractivity contribution is 5.29. The van der Waals surface area contributed by atoms with E-state index in [1.807, 2.05) is 0 Å². The summed E-state index contributed by atoms with van der Waals surface area (Å²) in [7, 11) is 0. The second-order valence-electron chi connectivity index (χ2n) is 4.66. The molecule has 0 radical (unpaired) electrons. The quantitative estimate of drug-likeness (QED) is 0.544. The van der Waals surface area contributed by atoms with E-state index >= 15 is 0 Å². The second kappa shape index (κ2) is 2.62. The Hall–Kier alpha value is -0.770. The smallest absolute Gasteiger partial charge is 0.0946 e. The molecular formula is C11H17N. The summed E-state index contributed by atoms with van der Waals surface area (Å²) in [5.74, 6) is 0. The largest absolute Gasteiger partial charge is 0.193 e. The Labute approximate surface area is 75.1 Å². The van der Waals surface area contributed by atoms with Gasteiger partial charge in [0.2, 0.25) is 0 Å². The molecule has 1 unspecified atom stereocenters. The normalized spacial score (nSPS) is 32.8. The van der Waals surface area contributed by atoms with E-state index in [1.54, 1.807) is 0 Å². The van der Waals surface area contributed by atoms with E-state index in [2.05, 4.69) is 33.4 Å². The van der Waals surface area contributed by atoms with Crippen molar-refractivity contribution in [1.82, 2.24) is 0 Å². The summed E-state index contributed by atoms with van der Waals surface area (Å²) < 4.78 is 0. The predicted octanol–water partition coefficient (Wildman–Crippen LogP) is 3.28. The van der Waals surface area contributed by atoms with Crippen LogP contribution in [0.4, 0.5) is 0 Å². The number of allylic oxidation sites excluding steroid dienone is 1. The van der Waals surface area contributed by atoms with Crippen molar-refractivity contribution in [2.45, 2.75) is 40.0 Å². The fourth-order valence-corrected chi connectivity index (χ4v) is 2.18. The van der Waals surface area contributed by atoms with Crippen molar-refractivity contribution in [1.29, 1.82) is 5.26 Å². The van der Waals surface area contributed by atoms with Crippen LogP contribution in [-0.2, 0) is 0 Å². The van der Waals surface area contributed by atoms with Crippen LogP contribution in [0.25, 0.3) is 0 Å². The van der Waals surface area contributed by atoms with E-state index in [0.717, 1.165) is 12.0 Å². The van der Waals surface area contributed by atoms with Crippen molar-refractivity contribution in [2.24, 2.45) is 10.8 Å². The van der Waals surface area contributed by atoms with Crippen LogP contribution in [0.15, 0.2) is 12.2 Å². The van der Waals surface area contributed by atoms with Crippen molar-refractivity contribution in [3.8, 4) is 6.07 Å². The van der Waals surface area contributed by atoms with Crippen LogP contribution in [0, 0.1) is 22.2 Å². The highest BCUT2D eigenvalue weighted by Gasteiger charge is 2.46. The maximum absolute atomic E-state index is 8.84.